The Kier molecular flexibility index (Phi) is 11.1. The lowest BCUT2D eigenvalue weighted by Gasteiger charge is -2.31. The first-order valence-corrected chi connectivity index (χ1v) is 15.7. The standard InChI is InChI=1S/C34H48N4O7/c1-7-8-13-37(27-11-9-10-24(15-27)20-38(4,5)6)31(41)19-36-18-28(25-16-26(21-39)33-30(17-25)44-22-45-33)32(34(42)43)29(36)12-14-35(3)23(2)40/h9-11,15-17,28-29,32,39H,7-8,12-14,18-22H2,1-6H3/p+1/t28-,29+,32-/m1/s1. The predicted molar refractivity (Wildman–Crippen MR) is 171 cm³/mol. The first-order chi connectivity index (χ1) is 21.3. The van der Waals surface area contributed by atoms with Crippen LogP contribution in [0.4, 0.5) is 5.69 Å². The fraction of sp³-hybridized carbons (Fsp3) is 0.559. The lowest BCUT2D eigenvalue weighted by molar-refractivity contribution is -0.884. The average Bonchev–Trinajstić information content (AvgIpc) is 3.59. The Labute approximate surface area is 266 Å². The third kappa shape index (κ3) is 8.33. The van der Waals surface area contributed by atoms with Gasteiger partial charge in [-0.2, -0.15) is 0 Å². The second-order valence-corrected chi connectivity index (χ2v) is 13.3. The van der Waals surface area contributed by atoms with Gasteiger partial charge in [0.25, 0.3) is 0 Å². The van der Waals surface area contributed by atoms with Crippen LogP contribution in [0, 0.1) is 5.92 Å². The van der Waals surface area contributed by atoms with Crippen LogP contribution in [-0.2, 0) is 27.5 Å². The topological polar surface area (TPSA) is 120 Å². The molecule has 0 aliphatic carbocycles. The molecule has 11 nitrogen and oxygen atoms in total. The van der Waals surface area contributed by atoms with E-state index in [0.29, 0.717) is 48.7 Å². The van der Waals surface area contributed by atoms with Crippen LogP contribution in [0.3, 0.4) is 0 Å². The molecule has 2 aliphatic heterocycles. The molecule has 0 spiro atoms. The average molecular weight is 626 g/mol. The quantitative estimate of drug-likeness (QED) is 0.307. The van der Waals surface area contributed by atoms with Crippen LogP contribution >= 0.6 is 0 Å². The van der Waals surface area contributed by atoms with Gasteiger partial charge in [-0.1, -0.05) is 25.5 Å². The SMILES string of the molecule is CCCCN(C(=O)CN1C[C@H](c2cc(CO)c3c(c2)OCO3)[C@@H](C(=O)O)[C@@H]1CCN(C)C(C)=O)c1cccc(C[N+](C)(C)C)c1. The summed E-state index contributed by atoms with van der Waals surface area (Å²) in [7, 11) is 8.08. The molecular formula is C34H49N4O7+. The molecule has 0 bridgehead atoms. The maximum atomic E-state index is 14.2. The van der Waals surface area contributed by atoms with Crippen LogP contribution in [-0.4, -0.2) is 109 Å². The van der Waals surface area contributed by atoms with Crippen LogP contribution in [0.1, 0.15) is 55.7 Å². The van der Waals surface area contributed by atoms with Crippen LogP contribution in [0.25, 0.3) is 0 Å². The van der Waals surface area contributed by atoms with Gasteiger partial charge in [-0.25, -0.2) is 0 Å². The third-order valence-electron chi connectivity index (χ3n) is 8.76. The normalized spacial score (nSPS) is 19.5. The Morgan fingerprint density at radius 1 is 1.09 bits per heavy atom. The molecule has 3 atom stereocenters. The molecule has 2 aromatic carbocycles. The van der Waals surface area contributed by atoms with Gasteiger partial charge in [0, 0.05) is 62.4 Å². The zero-order valence-corrected chi connectivity index (χ0v) is 27.5. The van der Waals surface area contributed by atoms with E-state index in [0.717, 1.165) is 35.1 Å². The Balaban J connectivity index is 1.68. The zero-order valence-electron chi connectivity index (χ0n) is 27.5. The number of rotatable bonds is 14. The van der Waals surface area contributed by atoms with Crippen molar-refractivity contribution in [2.45, 2.75) is 58.2 Å². The van der Waals surface area contributed by atoms with Crippen molar-refractivity contribution in [3.8, 4) is 11.5 Å². The molecule has 45 heavy (non-hydrogen) atoms. The Hall–Kier alpha value is -3.67. The number of nitrogens with zero attached hydrogens (tertiary/aromatic N) is 4. The van der Waals surface area contributed by atoms with Gasteiger partial charge in [0.15, 0.2) is 11.5 Å². The van der Waals surface area contributed by atoms with Gasteiger partial charge in [-0.15, -0.1) is 0 Å². The summed E-state index contributed by atoms with van der Waals surface area (Å²) in [5.41, 5.74) is 3.22. The molecule has 0 radical (unpaired) electrons. The van der Waals surface area contributed by atoms with Gasteiger partial charge in [0.2, 0.25) is 18.6 Å². The molecule has 2 heterocycles. The van der Waals surface area contributed by atoms with Crippen LogP contribution < -0.4 is 14.4 Å². The Morgan fingerprint density at radius 2 is 1.84 bits per heavy atom. The van der Waals surface area contributed by atoms with E-state index < -0.39 is 23.8 Å². The van der Waals surface area contributed by atoms with Gasteiger partial charge in [-0.3, -0.25) is 19.3 Å². The van der Waals surface area contributed by atoms with Crippen molar-refractivity contribution in [3.05, 3.63) is 53.1 Å². The second-order valence-electron chi connectivity index (χ2n) is 13.3. The largest absolute Gasteiger partial charge is 0.481 e. The highest BCUT2D eigenvalue weighted by Gasteiger charge is 2.47. The highest BCUT2D eigenvalue weighted by Crippen LogP contribution is 2.44. The first-order valence-electron chi connectivity index (χ1n) is 15.7. The minimum absolute atomic E-state index is 0.0308. The van der Waals surface area contributed by atoms with Gasteiger partial charge in [-0.05, 0) is 42.7 Å². The number of carbonyl (C=O) groups is 3. The molecule has 2 aliphatic rings. The number of hydrogen-bond donors (Lipinski definition) is 2. The summed E-state index contributed by atoms with van der Waals surface area (Å²) in [5.74, 6) is -1.55. The number of carboxylic acid groups (broad SMARTS) is 1. The number of amides is 2. The second kappa shape index (κ2) is 14.6. The highest BCUT2D eigenvalue weighted by molar-refractivity contribution is 5.95. The number of aliphatic carboxylic acids is 1. The van der Waals surface area contributed by atoms with E-state index in [-0.39, 0.29) is 31.8 Å². The summed E-state index contributed by atoms with van der Waals surface area (Å²) in [6.07, 6.45) is 2.15. The minimum Gasteiger partial charge on any atom is -0.481 e. The van der Waals surface area contributed by atoms with E-state index in [4.69, 9.17) is 9.47 Å². The maximum absolute atomic E-state index is 14.2. The monoisotopic (exact) mass is 625 g/mol. The summed E-state index contributed by atoms with van der Waals surface area (Å²) in [6, 6.07) is 11.2. The zero-order chi connectivity index (χ0) is 32.9. The molecule has 2 amide bonds. The first kappa shape index (κ1) is 34.2. The van der Waals surface area contributed by atoms with E-state index >= 15 is 0 Å². The molecule has 2 aromatic rings. The number of quaternary nitrogens is 1. The fourth-order valence-corrected chi connectivity index (χ4v) is 6.46. The number of hydrogen-bond acceptors (Lipinski definition) is 7. The molecule has 4 rings (SSSR count). The van der Waals surface area contributed by atoms with Gasteiger partial charge in [0.1, 0.15) is 6.54 Å². The van der Waals surface area contributed by atoms with Crippen molar-refractivity contribution in [3.63, 3.8) is 0 Å². The number of anilines is 1. The summed E-state index contributed by atoms with van der Waals surface area (Å²) in [5, 5.41) is 20.6. The smallest absolute Gasteiger partial charge is 0.308 e. The summed E-state index contributed by atoms with van der Waals surface area (Å²) >= 11 is 0. The van der Waals surface area contributed by atoms with E-state index in [1.807, 2.05) is 21.9 Å². The molecule has 1 fully saturated rings. The summed E-state index contributed by atoms with van der Waals surface area (Å²) in [6.45, 7) is 5.41. The minimum atomic E-state index is -0.968. The van der Waals surface area contributed by atoms with Crippen molar-refractivity contribution in [1.82, 2.24) is 9.80 Å². The number of benzene rings is 2. The number of unbranched alkanes of at least 4 members (excludes halogenated alkanes) is 1. The van der Waals surface area contributed by atoms with Crippen molar-refractivity contribution in [1.29, 1.82) is 0 Å². The summed E-state index contributed by atoms with van der Waals surface area (Å²) < 4.78 is 11.9. The number of likely N-dealkylation sites (tertiary alicyclic amines) is 1. The number of ether oxygens (including phenoxy) is 2. The van der Waals surface area contributed by atoms with Crippen molar-refractivity contribution in [2.24, 2.45) is 5.92 Å². The summed E-state index contributed by atoms with van der Waals surface area (Å²) in [4.78, 5) is 44.5. The van der Waals surface area contributed by atoms with E-state index in [2.05, 4.69) is 40.2 Å². The van der Waals surface area contributed by atoms with Crippen molar-refractivity contribution < 1.29 is 38.6 Å². The number of aliphatic hydroxyl groups is 1. The maximum Gasteiger partial charge on any atom is 0.308 e. The van der Waals surface area contributed by atoms with Gasteiger partial charge < -0.3 is 34.0 Å². The molecule has 246 valence electrons. The lowest BCUT2D eigenvalue weighted by Crippen LogP contribution is -2.45. The molecule has 1 saturated heterocycles. The van der Waals surface area contributed by atoms with E-state index in [1.165, 1.54) is 6.92 Å². The molecule has 11 heteroatoms. The van der Waals surface area contributed by atoms with Crippen LogP contribution in [0.2, 0.25) is 0 Å². The number of carbonyl (C=O) groups excluding carboxylic acids is 2. The number of fused-ring (bicyclic) bond motifs is 1. The highest BCUT2D eigenvalue weighted by atomic mass is 16.7. The van der Waals surface area contributed by atoms with Crippen LogP contribution in [0.5, 0.6) is 11.5 Å². The molecule has 0 aromatic heterocycles. The molecule has 0 saturated carbocycles. The van der Waals surface area contributed by atoms with Crippen molar-refractivity contribution in [2.75, 3.05) is 66.1 Å². The van der Waals surface area contributed by atoms with E-state index in [1.54, 1.807) is 24.1 Å². The van der Waals surface area contributed by atoms with E-state index in [9.17, 15) is 24.6 Å². The Morgan fingerprint density at radius 3 is 2.49 bits per heavy atom. The molecular weight excluding hydrogens is 576 g/mol. The lowest BCUT2D eigenvalue weighted by atomic mass is 9.83. The fourth-order valence-electron chi connectivity index (χ4n) is 6.46. The van der Waals surface area contributed by atoms with Gasteiger partial charge >= 0.3 is 5.97 Å². The molecule has 2 N–H and O–H groups in total. The van der Waals surface area contributed by atoms with Crippen molar-refractivity contribution >= 4 is 23.5 Å². The number of aliphatic hydroxyl groups excluding tert-OH is 1. The predicted octanol–water partition coefficient (Wildman–Crippen LogP) is 3.28. The Bertz CT molecular complexity index is 1370. The molecule has 0 unspecified atom stereocenters. The van der Waals surface area contributed by atoms with Crippen LogP contribution in [0.15, 0.2) is 36.4 Å². The van der Waals surface area contributed by atoms with Gasteiger partial charge in [0.05, 0.1) is 40.2 Å². The third-order valence-corrected chi connectivity index (χ3v) is 8.76. The number of carboxylic acids is 1.